The van der Waals surface area contributed by atoms with Crippen molar-refractivity contribution in [1.82, 2.24) is 15.1 Å². The fourth-order valence-corrected chi connectivity index (χ4v) is 2.40. The van der Waals surface area contributed by atoms with Gasteiger partial charge in [0.05, 0.1) is 13.2 Å². The number of amides is 1. The van der Waals surface area contributed by atoms with Crippen LogP contribution in [0.5, 0.6) is 0 Å². The predicted molar refractivity (Wildman–Crippen MR) is 52.3 cm³/mol. The van der Waals surface area contributed by atoms with Gasteiger partial charge in [0.25, 0.3) is 5.91 Å². The molecule has 0 aromatic carbocycles. The van der Waals surface area contributed by atoms with Crippen molar-refractivity contribution in [1.29, 1.82) is 0 Å². The Labute approximate surface area is 87.4 Å². The van der Waals surface area contributed by atoms with E-state index in [9.17, 15) is 4.79 Å². The topological polar surface area (TPSA) is 58.2 Å². The summed E-state index contributed by atoms with van der Waals surface area (Å²) in [6.45, 7) is 3.25. The lowest BCUT2D eigenvalue weighted by molar-refractivity contribution is 0.0745. The smallest absolute Gasteiger partial charge is 0.271 e. The zero-order valence-electron chi connectivity index (χ0n) is 8.35. The van der Waals surface area contributed by atoms with Crippen molar-refractivity contribution in [3.05, 3.63) is 18.0 Å². The van der Waals surface area contributed by atoms with E-state index in [2.05, 4.69) is 10.2 Å². The molecule has 5 heteroatoms. The molecule has 0 aliphatic carbocycles. The Kier molecular flexibility index (Phi) is 1.98. The van der Waals surface area contributed by atoms with Crippen LogP contribution >= 0.6 is 0 Å². The lowest BCUT2D eigenvalue weighted by Gasteiger charge is -2.15. The highest BCUT2D eigenvalue weighted by molar-refractivity contribution is 5.92. The summed E-state index contributed by atoms with van der Waals surface area (Å²) in [5.41, 5.74) is 0.580. The average Bonchev–Trinajstić information content (AvgIpc) is 2.92. The second-order valence-corrected chi connectivity index (χ2v) is 4.24. The number of likely N-dealkylation sites (tertiary alicyclic amines) is 1. The molecule has 1 amide bonds. The molecule has 1 aromatic rings. The van der Waals surface area contributed by atoms with E-state index >= 15 is 0 Å². The normalized spacial score (nSPS) is 29.5. The first-order chi connectivity index (χ1) is 7.34. The van der Waals surface area contributed by atoms with E-state index in [1.54, 1.807) is 12.3 Å². The Bertz CT molecular complexity index is 351. The minimum atomic E-state index is 0.0573. The van der Waals surface area contributed by atoms with Crippen molar-refractivity contribution in [3.8, 4) is 0 Å². The summed E-state index contributed by atoms with van der Waals surface area (Å²) in [5.74, 6) is 1.13. The Morgan fingerprint density at radius 1 is 1.47 bits per heavy atom. The number of carbonyl (C=O) groups is 1. The van der Waals surface area contributed by atoms with Crippen molar-refractivity contribution in [2.45, 2.75) is 0 Å². The van der Waals surface area contributed by atoms with Gasteiger partial charge in [0.2, 0.25) is 0 Å². The summed E-state index contributed by atoms with van der Waals surface area (Å²) in [5, 5.41) is 6.50. The molecule has 5 nitrogen and oxygen atoms in total. The number of aromatic amines is 1. The Morgan fingerprint density at radius 2 is 2.20 bits per heavy atom. The number of ether oxygens (including phenoxy) is 1. The summed E-state index contributed by atoms with van der Waals surface area (Å²) in [4.78, 5) is 13.8. The van der Waals surface area contributed by atoms with Crippen LogP contribution in [-0.4, -0.2) is 47.3 Å². The number of H-pyrrole nitrogens is 1. The predicted octanol–water partition coefficient (Wildman–Crippen LogP) is 0.128. The number of fused-ring (bicyclic) bond motifs is 1. The number of aromatic nitrogens is 2. The zero-order valence-corrected chi connectivity index (χ0v) is 8.35. The zero-order chi connectivity index (χ0) is 10.3. The molecule has 0 saturated carbocycles. The fourth-order valence-electron chi connectivity index (χ4n) is 2.40. The summed E-state index contributed by atoms with van der Waals surface area (Å²) in [7, 11) is 0. The van der Waals surface area contributed by atoms with Crippen LogP contribution in [-0.2, 0) is 4.74 Å². The summed E-state index contributed by atoms with van der Waals surface area (Å²) in [6, 6.07) is 1.72. The summed E-state index contributed by atoms with van der Waals surface area (Å²) >= 11 is 0. The van der Waals surface area contributed by atoms with Crippen molar-refractivity contribution >= 4 is 5.91 Å². The molecule has 2 atom stereocenters. The van der Waals surface area contributed by atoms with Crippen molar-refractivity contribution in [3.63, 3.8) is 0 Å². The first-order valence-electron chi connectivity index (χ1n) is 5.21. The molecule has 0 bridgehead atoms. The third-order valence-electron chi connectivity index (χ3n) is 3.26. The van der Waals surface area contributed by atoms with Gasteiger partial charge < -0.3 is 9.64 Å². The number of nitrogens with zero attached hydrogens (tertiary/aromatic N) is 2. The van der Waals surface area contributed by atoms with E-state index in [1.807, 2.05) is 4.90 Å². The number of rotatable bonds is 1. The Morgan fingerprint density at radius 3 is 2.80 bits per heavy atom. The molecule has 0 spiro atoms. The van der Waals surface area contributed by atoms with Crippen molar-refractivity contribution in [2.75, 3.05) is 26.3 Å². The molecule has 1 N–H and O–H groups in total. The maximum atomic E-state index is 12.0. The molecule has 0 radical (unpaired) electrons. The Balaban J connectivity index is 1.72. The molecule has 80 valence electrons. The molecular formula is C10H13N3O2. The van der Waals surface area contributed by atoms with E-state index in [-0.39, 0.29) is 5.91 Å². The number of hydrogen-bond acceptors (Lipinski definition) is 3. The van der Waals surface area contributed by atoms with Crippen molar-refractivity contribution < 1.29 is 9.53 Å². The summed E-state index contributed by atoms with van der Waals surface area (Å²) in [6.07, 6.45) is 1.60. The third kappa shape index (κ3) is 1.43. The third-order valence-corrected chi connectivity index (χ3v) is 3.26. The molecule has 2 saturated heterocycles. The lowest BCUT2D eigenvalue weighted by atomic mass is 10.0. The van der Waals surface area contributed by atoms with Gasteiger partial charge in [0, 0.05) is 31.1 Å². The second kappa shape index (κ2) is 3.34. The molecule has 15 heavy (non-hydrogen) atoms. The summed E-state index contributed by atoms with van der Waals surface area (Å²) < 4.78 is 5.37. The highest BCUT2D eigenvalue weighted by Gasteiger charge is 2.39. The van der Waals surface area contributed by atoms with Crippen LogP contribution in [0.15, 0.2) is 12.3 Å². The maximum Gasteiger partial charge on any atom is 0.271 e. The van der Waals surface area contributed by atoms with E-state index in [0.29, 0.717) is 17.5 Å². The number of nitrogens with one attached hydrogen (secondary N) is 1. The van der Waals surface area contributed by atoms with Gasteiger partial charge in [-0.25, -0.2) is 0 Å². The van der Waals surface area contributed by atoms with Gasteiger partial charge in [0.15, 0.2) is 0 Å². The van der Waals surface area contributed by atoms with Gasteiger partial charge >= 0.3 is 0 Å². The van der Waals surface area contributed by atoms with E-state index < -0.39 is 0 Å². The van der Waals surface area contributed by atoms with Crippen LogP contribution in [0.25, 0.3) is 0 Å². The van der Waals surface area contributed by atoms with Crippen LogP contribution in [0.1, 0.15) is 10.5 Å². The van der Waals surface area contributed by atoms with Gasteiger partial charge in [-0.15, -0.1) is 0 Å². The first kappa shape index (κ1) is 8.91. The molecular weight excluding hydrogens is 194 g/mol. The largest absolute Gasteiger partial charge is 0.381 e. The lowest BCUT2D eigenvalue weighted by Crippen LogP contribution is -2.30. The SMILES string of the molecule is O=C(c1ccn[nH]1)N1CC2COCC2C1. The van der Waals surface area contributed by atoms with Gasteiger partial charge in [-0.05, 0) is 6.07 Å². The van der Waals surface area contributed by atoms with E-state index in [0.717, 1.165) is 26.3 Å². The minimum Gasteiger partial charge on any atom is -0.381 e. The van der Waals surface area contributed by atoms with Gasteiger partial charge in [0.1, 0.15) is 5.69 Å². The molecule has 3 rings (SSSR count). The molecule has 1 aromatic heterocycles. The highest BCUT2D eigenvalue weighted by atomic mass is 16.5. The van der Waals surface area contributed by atoms with Gasteiger partial charge in [-0.2, -0.15) is 5.10 Å². The van der Waals surface area contributed by atoms with Crippen LogP contribution in [0, 0.1) is 11.8 Å². The van der Waals surface area contributed by atoms with E-state index in [4.69, 9.17) is 4.74 Å². The quantitative estimate of drug-likeness (QED) is 0.712. The van der Waals surface area contributed by atoms with Crippen LogP contribution < -0.4 is 0 Å². The standard InChI is InChI=1S/C10H13N3O2/c14-10(9-1-2-11-12-9)13-3-7-5-15-6-8(7)4-13/h1-2,7-8H,3-6H2,(H,11,12). The van der Waals surface area contributed by atoms with Gasteiger partial charge in [-0.3, -0.25) is 9.89 Å². The monoisotopic (exact) mass is 207 g/mol. The maximum absolute atomic E-state index is 12.0. The van der Waals surface area contributed by atoms with E-state index in [1.165, 1.54) is 0 Å². The number of hydrogen-bond donors (Lipinski definition) is 1. The number of carbonyl (C=O) groups excluding carboxylic acids is 1. The molecule has 3 heterocycles. The van der Waals surface area contributed by atoms with Crippen LogP contribution in [0.2, 0.25) is 0 Å². The molecule has 2 fully saturated rings. The fraction of sp³-hybridized carbons (Fsp3) is 0.600. The van der Waals surface area contributed by atoms with Crippen LogP contribution in [0.4, 0.5) is 0 Å². The average molecular weight is 207 g/mol. The molecule has 2 unspecified atom stereocenters. The van der Waals surface area contributed by atoms with Crippen LogP contribution in [0.3, 0.4) is 0 Å². The van der Waals surface area contributed by atoms with Crippen molar-refractivity contribution in [2.24, 2.45) is 11.8 Å². The first-order valence-corrected chi connectivity index (χ1v) is 5.21. The van der Waals surface area contributed by atoms with Gasteiger partial charge in [-0.1, -0.05) is 0 Å². The minimum absolute atomic E-state index is 0.0573. The Hall–Kier alpha value is -1.36. The highest BCUT2D eigenvalue weighted by Crippen LogP contribution is 2.29. The molecule has 2 aliphatic heterocycles. The molecule has 2 aliphatic rings. The second-order valence-electron chi connectivity index (χ2n) is 4.24.